The smallest absolute Gasteiger partial charge is 0.0135 e. The molecular weight excluding hydrogens is 158 g/mol. The Labute approximate surface area is 80.5 Å². The average molecular weight is 175 g/mol. The minimum absolute atomic E-state index is 0.926. The number of hydrogen-bond donors (Lipinski definition) is 1. The van der Waals surface area contributed by atoms with Gasteiger partial charge in [0.1, 0.15) is 0 Å². The van der Waals surface area contributed by atoms with Gasteiger partial charge in [-0.25, -0.2) is 0 Å². The van der Waals surface area contributed by atoms with E-state index in [0.29, 0.717) is 0 Å². The maximum absolute atomic E-state index is 3.07. The summed E-state index contributed by atoms with van der Waals surface area (Å²) in [6.07, 6.45) is 5.37. The maximum atomic E-state index is 3.07. The van der Waals surface area contributed by atoms with Crippen LogP contribution in [-0.2, 0) is 6.42 Å². The molecule has 0 fully saturated rings. The maximum Gasteiger partial charge on any atom is 0.0135 e. The minimum Gasteiger partial charge on any atom is -0.316 e. The summed E-state index contributed by atoms with van der Waals surface area (Å²) in [4.78, 5) is 0. The monoisotopic (exact) mass is 175 g/mol. The molecule has 0 aliphatic heterocycles. The van der Waals surface area contributed by atoms with Crippen LogP contribution < -0.4 is 5.32 Å². The van der Waals surface area contributed by atoms with Gasteiger partial charge >= 0.3 is 0 Å². The summed E-state index contributed by atoms with van der Waals surface area (Å²) in [5.74, 6) is 0. The quantitative estimate of drug-likeness (QED) is 0.741. The van der Waals surface area contributed by atoms with Crippen LogP contribution in [0.5, 0.6) is 0 Å². The molecule has 0 bridgehead atoms. The first-order chi connectivity index (χ1) is 6.36. The van der Waals surface area contributed by atoms with Gasteiger partial charge in [-0.05, 0) is 24.6 Å². The molecule has 0 unspecified atom stereocenters. The molecule has 0 saturated heterocycles. The number of hydrogen-bond acceptors (Lipinski definition) is 1. The molecule has 1 aromatic carbocycles. The van der Waals surface area contributed by atoms with E-state index in [1.807, 2.05) is 7.05 Å². The fraction of sp³-hybridized carbons (Fsp3) is 0.333. The Hall–Kier alpha value is -1.08. The first kappa shape index (κ1) is 10.0. The largest absolute Gasteiger partial charge is 0.316 e. The zero-order valence-corrected chi connectivity index (χ0v) is 8.38. The highest BCUT2D eigenvalue weighted by Crippen LogP contribution is 2.06. The van der Waals surface area contributed by atoms with Gasteiger partial charge in [-0.15, -0.1) is 0 Å². The molecule has 0 aromatic heterocycles. The standard InChI is InChI=1S/C12H17N/c1-3-11-6-8-12(9-7-11)5-4-10-13-2/h4-9,13H,3,10H2,1-2H3/b5-4+. The lowest BCUT2D eigenvalue weighted by molar-refractivity contribution is 0.922. The second-order valence-corrected chi connectivity index (χ2v) is 3.06. The molecule has 1 rings (SSSR count). The van der Waals surface area contributed by atoms with Gasteiger partial charge < -0.3 is 5.32 Å². The number of benzene rings is 1. The second-order valence-electron chi connectivity index (χ2n) is 3.06. The van der Waals surface area contributed by atoms with Crippen LogP contribution in [-0.4, -0.2) is 13.6 Å². The molecule has 70 valence electrons. The molecule has 0 heterocycles. The third-order valence-corrected chi connectivity index (χ3v) is 2.02. The van der Waals surface area contributed by atoms with Crippen LogP contribution in [0.2, 0.25) is 0 Å². The normalized spacial score (nSPS) is 10.9. The summed E-state index contributed by atoms with van der Waals surface area (Å²) in [7, 11) is 1.95. The van der Waals surface area contributed by atoms with Crippen molar-refractivity contribution in [3.63, 3.8) is 0 Å². The predicted molar refractivity (Wildman–Crippen MR) is 58.8 cm³/mol. The van der Waals surface area contributed by atoms with E-state index in [1.165, 1.54) is 11.1 Å². The van der Waals surface area contributed by atoms with Crippen molar-refractivity contribution in [3.05, 3.63) is 41.5 Å². The van der Waals surface area contributed by atoms with Gasteiger partial charge in [0, 0.05) is 6.54 Å². The summed E-state index contributed by atoms with van der Waals surface area (Å²) in [5.41, 5.74) is 2.67. The van der Waals surface area contributed by atoms with E-state index < -0.39 is 0 Å². The third-order valence-electron chi connectivity index (χ3n) is 2.02. The fourth-order valence-corrected chi connectivity index (χ4v) is 1.18. The average Bonchev–Trinajstić information content (AvgIpc) is 2.19. The van der Waals surface area contributed by atoms with Crippen LogP contribution in [0.15, 0.2) is 30.3 Å². The Morgan fingerprint density at radius 3 is 2.46 bits per heavy atom. The molecule has 0 amide bonds. The van der Waals surface area contributed by atoms with Crippen molar-refractivity contribution in [3.8, 4) is 0 Å². The van der Waals surface area contributed by atoms with Crippen LogP contribution in [0.4, 0.5) is 0 Å². The Balaban J connectivity index is 2.58. The van der Waals surface area contributed by atoms with Gasteiger partial charge in [0.05, 0.1) is 0 Å². The van der Waals surface area contributed by atoms with Gasteiger partial charge in [-0.3, -0.25) is 0 Å². The molecule has 1 N–H and O–H groups in total. The summed E-state index contributed by atoms with van der Waals surface area (Å²) in [6.45, 7) is 3.10. The summed E-state index contributed by atoms with van der Waals surface area (Å²) in [6, 6.07) is 8.67. The first-order valence-corrected chi connectivity index (χ1v) is 4.77. The highest BCUT2D eigenvalue weighted by Gasteiger charge is 1.87. The van der Waals surface area contributed by atoms with Crippen LogP contribution in [0.1, 0.15) is 18.1 Å². The SMILES string of the molecule is CCc1ccc(/C=C/CNC)cc1. The van der Waals surface area contributed by atoms with E-state index in [9.17, 15) is 0 Å². The van der Waals surface area contributed by atoms with Gasteiger partial charge in [-0.1, -0.05) is 43.3 Å². The van der Waals surface area contributed by atoms with Crippen LogP contribution in [0, 0.1) is 0 Å². The van der Waals surface area contributed by atoms with E-state index in [0.717, 1.165) is 13.0 Å². The van der Waals surface area contributed by atoms with Crippen molar-refractivity contribution in [1.29, 1.82) is 0 Å². The van der Waals surface area contributed by atoms with Gasteiger partial charge in [0.2, 0.25) is 0 Å². The molecule has 0 spiro atoms. The van der Waals surface area contributed by atoms with Crippen LogP contribution in [0.3, 0.4) is 0 Å². The molecule has 1 nitrogen and oxygen atoms in total. The zero-order valence-electron chi connectivity index (χ0n) is 8.38. The molecule has 0 saturated carbocycles. The zero-order chi connectivity index (χ0) is 9.52. The number of likely N-dealkylation sites (N-methyl/N-ethyl adjacent to an activating group) is 1. The van der Waals surface area contributed by atoms with E-state index in [-0.39, 0.29) is 0 Å². The second kappa shape index (κ2) is 5.55. The van der Waals surface area contributed by atoms with Crippen LogP contribution >= 0.6 is 0 Å². The van der Waals surface area contributed by atoms with E-state index in [4.69, 9.17) is 0 Å². The van der Waals surface area contributed by atoms with Gasteiger partial charge in [0.25, 0.3) is 0 Å². The molecule has 1 heteroatoms. The molecular formula is C12H17N. The van der Waals surface area contributed by atoms with Crippen molar-refractivity contribution >= 4 is 6.08 Å². The minimum atomic E-state index is 0.926. The highest BCUT2D eigenvalue weighted by molar-refractivity contribution is 5.49. The molecule has 0 aliphatic carbocycles. The van der Waals surface area contributed by atoms with Crippen molar-refractivity contribution in [2.45, 2.75) is 13.3 Å². The number of nitrogens with one attached hydrogen (secondary N) is 1. The van der Waals surface area contributed by atoms with Crippen LogP contribution in [0.25, 0.3) is 6.08 Å². The Bertz CT molecular complexity index is 259. The van der Waals surface area contributed by atoms with E-state index in [1.54, 1.807) is 0 Å². The van der Waals surface area contributed by atoms with Crippen molar-refractivity contribution in [2.75, 3.05) is 13.6 Å². The number of aryl methyl sites for hydroxylation is 1. The summed E-state index contributed by atoms with van der Waals surface area (Å²) >= 11 is 0. The van der Waals surface area contributed by atoms with Gasteiger partial charge in [0.15, 0.2) is 0 Å². The van der Waals surface area contributed by atoms with Crippen molar-refractivity contribution in [2.24, 2.45) is 0 Å². The highest BCUT2D eigenvalue weighted by atomic mass is 14.8. The summed E-state index contributed by atoms with van der Waals surface area (Å²) < 4.78 is 0. The lowest BCUT2D eigenvalue weighted by Crippen LogP contribution is -2.03. The van der Waals surface area contributed by atoms with E-state index in [2.05, 4.69) is 48.7 Å². The van der Waals surface area contributed by atoms with E-state index >= 15 is 0 Å². The Kier molecular flexibility index (Phi) is 4.27. The third kappa shape index (κ3) is 3.43. The number of rotatable bonds is 4. The summed E-state index contributed by atoms with van der Waals surface area (Å²) in [5, 5.41) is 3.07. The topological polar surface area (TPSA) is 12.0 Å². The van der Waals surface area contributed by atoms with Gasteiger partial charge in [-0.2, -0.15) is 0 Å². The molecule has 0 atom stereocenters. The Morgan fingerprint density at radius 1 is 1.23 bits per heavy atom. The first-order valence-electron chi connectivity index (χ1n) is 4.77. The Morgan fingerprint density at radius 2 is 1.92 bits per heavy atom. The lowest BCUT2D eigenvalue weighted by atomic mass is 10.1. The lowest BCUT2D eigenvalue weighted by Gasteiger charge is -1.97. The van der Waals surface area contributed by atoms with Crippen molar-refractivity contribution in [1.82, 2.24) is 5.32 Å². The van der Waals surface area contributed by atoms with Crippen molar-refractivity contribution < 1.29 is 0 Å². The molecule has 0 aliphatic rings. The molecule has 13 heavy (non-hydrogen) atoms. The molecule has 0 radical (unpaired) electrons. The fourth-order valence-electron chi connectivity index (χ4n) is 1.18. The molecule has 1 aromatic rings. The predicted octanol–water partition coefficient (Wildman–Crippen LogP) is 2.48.